The number of carbonyl (C=O) groups is 1. The molecule has 0 atom stereocenters. The van der Waals surface area contributed by atoms with Crippen LogP contribution >= 0.6 is 0 Å². The Labute approximate surface area is 115 Å². The minimum Gasteiger partial charge on any atom is -0.480 e. The van der Waals surface area contributed by atoms with Crippen molar-refractivity contribution < 1.29 is 18.7 Å². The second-order valence-corrected chi connectivity index (χ2v) is 5.41. The fourth-order valence-corrected chi connectivity index (χ4v) is 2.09. The van der Waals surface area contributed by atoms with Crippen LogP contribution in [0.25, 0.3) is 11.0 Å². The topological polar surface area (TPSA) is 55.1 Å². The summed E-state index contributed by atoms with van der Waals surface area (Å²) in [5.74, 6) is -2.53. The van der Waals surface area contributed by atoms with Crippen molar-refractivity contribution in [3.8, 4) is 0 Å². The first kappa shape index (κ1) is 14.4. The van der Waals surface area contributed by atoms with Gasteiger partial charge in [0.05, 0.1) is 11.0 Å². The second-order valence-electron chi connectivity index (χ2n) is 5.41. The molecule has 0 fully saturated rings. The largest absolute Gasteiger partial charge is 0.480 e. The first-order valence-corrected chi connectivity index (χ1v) is 6.34. The first-order chi connectivity index (χ1) is 9.26. The summed E-state index contributed by atoms with van der Waals surface area (Å²) in [7, 11) is 0. The third kappa shape index (κ3) is 2.37. The van der Waals surface area contributed by atoms with Crippen LogP contribution in [0.4, 0.5) is 8.78 Å². The maximum Gasteiger partial charge on any atom is 0.323 e. The van der Waals surface area contributed by atoms with E-state index in [0.717, 1.165) is 18.6 Å². The zero-order valence-electron chi connectivity index (χ0n) is 11.6. The molecule has 0 amide bonds. The van der Waals surface area contributed by atoms with Gasteiger partial charge in [0.2, 0.25) is 0 Å². The number of carboxylic acid groups (broad SMARTS) is 1. The lowest BCUT2D eigenvalue weighted by Gasteiger charge is -2.22. The van der Waals surface area contributed by atoms with Crippen molar-refractivity contribution in [1.82, 2.24) is 9.55 Å². The van der Waals surface area contributed by atoms with Crippen molar-refractivity contribution in [1.29, 1.82) is 0 Å². The van der Waals surface area contributed by atoms with Gasteiger partial charge in [-0.05, 0) is 6.42 Å². The van der Waals surface area contributed by atoms with Gasteiger partial charge >= 0.3 is 5.97 Å². The van der Waals surface area contributed by atoms with Gasteiger partial charge in [-0.1, -0.05) is 20.8 Å². The van der Waals surface area contributed by atoms with E-state index >= 15 is 0 Å². The van der Waals surface area contributed by atoms with E-state index in [0.29, 0.717) is 11.3 Å². The van der Waals surface area contributed by atoms with Gasteiger partial charge in [0.1, 0.15) is 12.4 Å². The minimum atomic E-state index is -1.05. The number of rotatable bonds is 4. The third-order valence-electron chi connectivity index (χ3n) is 3.57. The van der Waals surface area contributed by atoms with Crippen LogP contribution in [-0.2, 0) is 16.8 Å². The number of hydrogen-bond acceptors (Lipinski definition) is 2. The fourth-order valence-electron chi connectivity index (χ4n) is 2.09. The predicted octanol–water partition coefficient (Wildman–Crippen LogP) is 3.09. The molecule has 1 N–H and O–H groups in total. The average molecular weight is 282 g/mol. The monoisotopic (exact) mass is 282 g/mol. The minimum absolute atomic E-state index is 0.265. The molecule has 2 rings (SSSR count). The molecular weight excluding hydrogens is 266 g/mol. The maximum atomic E-state index is 13.4. The summed E-state index contributed by atoms with van der Waals surface area (Å²) in [5, 5.41) is 9.02. The molecule has 0 unspecified atom stereocenters. The summed E-state index contributed by atoms with van der Waals surface area (Å²) >= 11 is 0. The van der Waals surface area contributed by atoms with E-state index in [1.165, 1.54) is 4.57 Å². The normalized spacial score (nSPS) is 12.1. The summed E-state index contributed by atoms with van der Waals surface area (Å²) < 4.78 is 28.1. The summed E-state index contributed by atoms with van der Waals surface area (Å²) in [6.07, 6.45) is 0.723. The Morgan fingerprint density at radius 1 is 1.35 bits per heavy atom. The molecule has 0 aliphatic rings. The molecule has 4 nitrogen and oxygen atoms in total. The standard InChI is InChI=1S/C14H16F2N2O2/c1-4-14(2,3)13-17-10-5-8(15)9(16)6-11(10)18(13)7-12(19)20/h5-6H,4,7H2,1-3H3,(H,19,20). The molecule has 2 aromatic rings. The maximum absolute atomic E-state index is 13.4. The zero-order chi connectivity index (χ0) is 15.1. The van der Waals surface area contributed by atoms with Crippen LogP contribution in [0.1, 0.15) is 33.0 Å². The summed E-state index contributed by atoms with van der Waals surface area (Å²) in [4.78, 5) is 15.3. The Morgan fingerprint density at radius 3 is 2.50 bits per heavy atom. The highest BCUT2D eigenvalue weighted by molar-refractivity contribution is 5.79. The van der Waals surface area contributed by atoms with Crippen molar-refractivity contribution in [3.05, 3.63) is 29.6 Å². The van der Waals surface area contributed by atoms with Gasteiger partial charge in [-0.3, -0.25) is 4.79 Å². The highest BCUT2D eigenvalue weighted by Crippen LogP contribution is 2.30. The van der Waals surface area contributed by atoms with Gasteiger partial charge in [-0.25, -0.2) is 13.8 Å². The third-order valence-corrected chi connectivity index (χ3v) is 3.57. The van der Waals surface area contributed by atoms with E-state index in [2.05, 4.69) is 4.98 Å². The van der Waals surface area contributed by atoms with Crippen LogP contribution in [-0.4, -0.2) is 20.6 Å². The molecule has 0 aliphatic heterocycles. The van der Waals surface area contributed by atoms with Gasteiger partial charge in [-0.15, -0.1) is 0 Å². The lowest BCUT2D eigenvalue weighted by atomic mass is 9.89. The Morgan fingerprint density at radius 2 is 1.95 bits per heavy atom. The van der Waals surface area contributed by atoms with Crippen molar-refractivity contribution in [2.24, 2.45) is 0 Å². The van der Waals surface area contributed by atoms with Gasteiger partial charge in [-0.2, -0.15) is 0 Å². The number of aliphatic carboxylic acids is 1. The fraction of sp³-hybridized carbons (Fsp3) is 0.429. The highest BCUT2D eigenvalue weighted by Gasteiger charge is 2.27. The Bertz CT molecular complexity index is 677. The molecule has 108 valence electrons. The molecule has 0 aliphatic carbocycles. The van der Waals surface area contributed by atoms with Crippen molar-refractivity contribution >= 4 is 17.0 Å². The van der Waals surface area contributed by atoms with Crippen LogP contribution in [0.3, 0.4) is 0 Å². The Hall–Kier alpha value is -1.98. The van der Waals surface area contributed by atoms with Crippen molar-refractivity contribution in [2.45, 2.75) is 39.2 Å². The lowest BCUT2D eigenvalue weighted by molar-refractivity contribution is -0.137. The number of imidazole rings is 1. The van der Waals surface area contributed by atoms with Crippen molar-refractivity contribution in [3.63, 3.8) is 0 Å². The van der Waals surface area contributed by atoms with E-state index in [1.807, 2.05) is 20.8 Å². The number of benzene rings is 1. The molecule has 1 heterocycles. The van der Waals surface area contributed by atoms with E-state index in [9.17, 15) is 13.6 Å². The van der Waals surface area contributed by atoms with Gasteiger partial charge < -0.3 is 9.67 Å². The molecule has 0 bridgehead atoms. The molecular formula is C14H16F2N2O2. The Balaban J connectivity index is 2.76. The number of halogens is 2. The van der Waals surface area contributed by atoms with Gasteiger partial charge in [0.15, 0.2) is 11.6 Å². The van der Waals surface area contributed by atoms with Crippen LogP contribution in [0.15, 0.2) is 12.1 Å². The lowest BCUT2D eigenvalue weighted by Crippen LogP contribution is -2.24. The quantitative estimate of drug-likeness (QED) is 0.937. The molecule has 0 saturated carbocycles. The number of nitrogens with zero attached hydrogens (tertiary/aromatic N) is 2. The number of hydrogen-bond donors (Lipinski definition) is 1. The molecule has 0 radical (unpaired) electrons. The number of carboxylic acids is 1. The summed E-state index contributed by atoms with van der Waals surface area (Å²) in [6.45, 7) is 5.45. The summed E-state index contributed by atoms with van der Waals surface area (Å²) in [5.41, 5.74) is 0.172. The predicted molar refractivity (Wildman–Crippen MR) is 70.6 cm³/mol. The molecule has 20 heavy (non-hydrogen) atoms. The van der Waals surface area contributed by atoms with Crippen LogP contribution in [0, 0.1) is 11.6 Å². The molecule has 6 heteroatoms. The van der Waals surface area contributed by atoms with Gasteiger partial charge in [0, 0.05) is 17.5 Å². The van der Waals surface area contributed by atoms with Crippen LogP contribution in [0.2, 0.25) is 0 Å². The highest BCUT2D eigenvalue weighted by atomic mass is 19.2. The first-order valence-electron chi connectivity index (χ1n) is 6.34. The molecule has 0 saturated heterocycles. The SMILES string of the molecule is CCC(C)(C)c1nc2cc(F)c(F)cc2n1CC(=O)O. The van der Waals surface area contributed by atoms with Crippen molar-refractivity contribution in [2.75, 3.05) is 0 Å². The molecule has 1 aromatic heterocycles. The molecule has 1 aromatic carbocycles. The van der Waals surface area contributed by atoms with E-state index in [1.54, 1.807) is 0 Å². The van der Waals surface area contributed by atoms with E-state index in [4.69, 9.17) is 5.11 Å². The van der Waals surface area contributed by atoms with Crippen LogP contribution < -0.4 is 0 Å². The van der Waals surface area contributed by atoms with E-state index < -0.39 is 17.6 Å². The van der Waals surface area contributed by atoms with Crippen LogP contribution in [0.5, 0.6) is 0 Å². The number of aromatic nitrogens is 2. The number of fused-ring (bicyclic) bond motifs is 1. The zero-order valence-corrected chi connectivity index (χ0v) is 11.6. The van der Waals surface area contributed by atoms with E-state index in [-0.39, 0.29) is 17.5 Å². The smallest absolute Gasteiger partial charge is 0.323 e. The molecule has 0 spiro atoms. The summed E-state index contributed by atoms with van der Waals surface area (Å²) in [6, 6.07) is 1.99. The van der Waals surface area contributed by atoms with Gasteiger partial charge in [0.25, 0.3) is 0 Å². The average Bonchev–Trinajstić information content (AvgIpc) is 2.68. The Kier molecular flexibility index (Phi) is 3.50. The second kappa shape index (κ2) is 4.85.